The monoisotopic (exact) mass is 456 g/mol. The Bertz CT molecular complexity index is 1140. The number of hydrogen-bond acceptors (Lipinski definition) is 5. The highest BCUT2D eigenvalue weighted by molar-refractivity contribution is 5.99. The minimum absolute atomic E-state index is 0.0767. The van der Waals surface area contributed by atoms with Crippen LogP contribution >= 0.6 is 0 Å². The molecule has 2 aliphatic rings. The molecule has 9 nitrogen and oxygen atoms in total. The molecule has 3 amide bonds. The third-order valence-corrected chi connectivity index (χ3v) is 6.00. The van der Waals surface area contributed by atoms with Crippen LogP contribution in [0, 0.1) is 5.82 Å². The quantitative estimate of drug-likeness (QED) is 0.648. The first kappa shape index (κ1) is 22.5. The number of halogens is 1. The minimum Gasteiger partial charge on any atom is -0.503 e. The SMILES string of the molecule is O=C(NCc1ccc(F)cc1)c1cn2c(c(O)c1=O)C(=O)N(CCCN1CCCC1=O)CC2. The number of nitrogens with one attached hydrogen (secondary N) is 1. The zero-order valence-electron chi connectivity index (χ0n) is 18.1. The summed E-state index contributed by atoms with van der Waals surface area (Å²) in [6.45, 7) is 2.45. The number of likely N-dealkylation sites (tertiary alicyclic amines) is 1. The number of fused-ring (bicyclic) bond motifs is 1. The maximum Gasteiger partial charge on any atom is 0.274 e. The van der Waals surface area contributed by atoms with Gasteiger partial charge in [0, 0.05) is 51.9 Å². The molecule has 2 aliphatic heterocycles. The zero-order valence-corrected chi connectivity index (χ0v) is 18.1. The topological polar surface area (TPSA) is 112 Å². The molecular weight excluding hydrogens is 431 g/mol. The molecule has 0 unspecified atom stereocenters. The molecule has 0 bridgehead atoms. The molecule has 1 fully saturated rings. The molecule has 10 heteroatoms. The highest BCUT2D eigenvalue weighted by atomic mass is 19.1. The Kier molecular flexibility index (Phi) is 6.43. The van der Waals surface area contributed by atoms with E-state index in [1.165, 1.54) is 35.0 Å². The fourth-order valence-corrected chi connectivity index (χ4v) is 4.18. The molecule has 3 heterocycles. The van der Waals surface area contributed by atoms with Crippen molar-refractivity contribution in [1.82, 2.24) is 19.7 Å². The van der Waals surface area contributed by atoms with Crippen molar-refractivity contribution in [3.05, 3.63) is 63.3 Å². The van der Waals surface area contributed by atoms with E-state index in [1.54, 1.807) is 9.80 Å². The van der Waals surface area contributed by atoms with Crippen LogP contribution in [0.1, 0.15) is 45.7 Å². The van der Waals surface area contributed by atoms with E-state index < -0.39 is 28.8 Å². The molecule has 2 aromatic rings. The van der Waals surface area contributed by atoms with Crippen LogP contribution in [0.25, 0.3) is 0 Å². The molecule has 174 valence electrons. The van der Waals surface area contributed by atoms with Crippen molar-refractivity contribution in [2.75, 3.05) is 26.2 Å². The molecule has 0 radical (unpaired) electrons. The number of amides is 3. The predicted octanol–water partition coefficient (Wildman–Crippen LogP) is 1.09. The van der Waals surface area contributed by atoms with Crippen LogP contribution < -0.4 is 10.7 Å². The lowest BCUT2D eigenvalue weighted by atomic mass is 10.1. The maximum atomic E-state index is 13.0. The van der Waals surface area contributed by atoms with E-state index in [1.807, 2.05) is 0 Å². The third kappa shape index (κ3) is 4.74. The molecule has 4 rings (SSSR count). The van der Waals surface area contributed by atoms with Crippen molar-refractivity contribution >= 4 is 17.7 Å². The summed E-state index contributed by atoms with van der Waals surface area (Å²) in [5.74, 6) is -2.21. The van der Waals surface area contributed by atoms with Gasteiger partial charge in [-0.05, 0) is 30.5 Å². The van der Waals surface area contributed by atoms with E-state index in [2.05, 4.69) is 5.32 Å². The number of hydrogen-bond donors (Lipinski definition) is 2. The molecule has 1 aromatic carbocycles. The van der Waals surface area contributed by atoms with Crippen molar-refractivity contribution < 1.29 is 23.9 Å². The van der Waals surface area contributed by atoms with Gasteiger partial charge in [0.15, 0.2) is 11.4 Å². The molecule has 1 aromatic heterocycles. The number of aromatic hydroxyl groups is 1. The molecule has 0 saturated carbocycles. The lowest BCUT2D eigenvalue weighted by Crippen LogP contribution is -2.43. The van der Waals surface area contributed by atoms with Crippen LogP contribution in [0.2, 0.25) is 0 Å². The number of carbonyl (C=O) groups excluding carboxylic acids is 3. The van der Waals surface area contributed by atoms with Crippen molar-refractivity contribution in [3.8, 4) is 5.75 Å². The van der Waals surface area contributed by atoms with Crippen molar-refractivity contribution in [3.63, 3.8) is 0 Å². The summed E-state index contributed by atoms with van der Waals surface area (Å²) in [7, 11) is 0. The van der Waals surface area contributed by atoms with Gasteiger partial charge in [0.25, 0.3) is 11.8 Å². The van der Waals surface area contributed by atoms with Crippen LogP contribution in [0.3, 0.4) is 0 Å². The van der Waals surface area contributed by atoms with Gasteiger partial charge in [-0.15, -0.1) is 0 Å². The Morgan fingerprint density at radius 3 is 2.45 bits per heavy atom. The highest BCUT2D eigenvalue weighted by Crippen LogP contribution is 2.21. The fourth-order valence-electron chi connectivity index (χ4n) is 4.18. The Balaban J connectivity index is 1.43. The number of nitrogens with zero attached hydrogens (tertiary/aromatic N) is 3. The van der Waals surface area contributed by atoms with Crippen LogP contribution in [0.15, 0.2) is 35.3 Å². The standard InChI is InChI=1S/C23H25FN4O5/c24-16-6-4-15(5-7-16)13-25-22(32)17-14-28-12-11-27(23(33)19(28)21(31)20(17)30)10-2-9-26-8-1-3-18(26)29/h4-7,14,31H,1-3,8-13H2,(H,25,32). The molecule has 1 saturated heterocycles. The number of rotatable bonds is 7. The van der Waals surface area contributed by atoms with E-state index in [0.29, 0.717) is 44.6 Å². The maximum absolute atomic E-state index is 13.0. The van der Waals surface area contributed by atoms with E-state index in [4.69, 9.17) is 0 Å². The third-order valence-electron chi connectivity index (χ3n) is 6.00. The molecule has 0 atom stereocenters. The lowest BCUT2D eigenvalue weighted by molar-refractivity contribution is -0.127. The van der Waals surface area contributed by atoms with Crippen molar-refractivity contribution in [2.24, 2.45) is 0 Å². The van der Waals surface area contributed by atoms with E-state index in [-0.39, 0.29) is 23.7 Å². The minimum atomic E-state index is -0.921. The summed E-state index contributed by atoms with van der Waals surface area (Å²) in [5, 5.41) is 13.0. The Labute approximate surface area is 189 Å². The predicted molar refractivity (Wildman–Crippen MR) is 116 cm³/mol. The zero-order chi connectivity index (χ0) is 23.5. The Morgan fingerprint density at radius 2 is 1.76 bits per heavy atom. The van der Waals surface area contributed by atoms with Gasteiger partial charge in [0.05, 0.1) is 0 Å². The second-order valence-corrected chi connectivity index (χ2v) is 8.20. The summed E-state index contributed by atoms with van der Waals surface area (Å²) in [4.78, 5) is 53.1. The molecule has 0 spiro atoms. The van der Waals surface area contributed by atoms with E-state index in [0.717, 1.165) is 13.0 Å². The Morgan fingerprint density at radius 1 is 1.03 bits per heavy atom. The normalized spacial score (nSPS) is 15.7. The van der Waals surface area contributed by atoms with Gasteiger partial charge in [-0.2, -0.15) is 0 Å². The number of benzene rings is 1. The van der Waals surface area contributed by atoms with Crippen molar-refractivity contribution in [2.45, 2.75) is 32.4 Å². The molecule has 33 heavy (non-hydrogen) atoms. The first-order valence-electron chi connectivity index (χ1n) is 10.9. The first-order valence-corrected chi connectivity index (χ1v) is 10.9. The fraction of sp³-hybridized carbons (Fsp3) is 0.391. The van der Waals surface area contributed by atoms with Gasteiger partial charge in [0.2, 0.25) is 11.3 Å². The Hall–Kier alpha value is -3.69. The van der Waals surface area contributed by atoms with Crippen molar-refractivity contribution in [1.29, 1.82) is 0 Å². The van der Waals surface area contributed by atoms with Gasteiger partial charge in [-0.1, -0.05) is 12.1 Å². The van der Waals surface area contributed by atoms with E-state index in [9.17, 15) is 28.7 Å². The molecule has 0 aliphatic carbocycles. The lowest BCUT2D eigenvalue weighted by Gasteiger charge is -2.31. The second-order valence-electron chi connectivity index (χ2n) is 8.20. The van der Waals surface area contributed by atoms with E-state index >= 15 is 0 Å². The van der Waals surface area contributed by atoms with Crippen LogP contribution in [0.4, 0.5) is 4.39 Å². The van der Waals surface area contributed by atoms with Gasteiger partial charge in [-0.3, -0.25) is 19.2 Å². The summed E-state index contributed by atoms with van der Waals surface area (Å²) in [5.41, 5.74) is -0.685. The molecule has 2 N–H and O–H groups in total. The number of aromatic nitrogens is 1. The molecular formula is C23H25FN4O5. The first-order chi connectivity index (χ1) is 15.8. The second kappa shape index (κ2) is 9.43. The largest absolute Gasteiger partial charge is 0.503 e. The summed E-state index contributed by atoms with van der Waals surface area (Å²) >= 11 is 0. The van der Waals surface area contributed by atoms with Gasteiger partial charge < -0.3 is 24.8 Å². The summed E-state index contributed by atoms with van der Waals surface area (Å²) in [6.07, 6.45) is 3.31. The van der Waals surface area contributed by atoms with Gasteiger partial charge in [-0.25, -0.2) is 4.39 Å². The highest BCUT2D eigenvalue weighted by Gasteiger charge is 2.31. The van der Waals surface area contributed by atoms with Crippen LogP contribution in [-0.4, -0.2) is 63.4 Å². The number of pyridine rings is 1. The van der Waals surface area contributed by atoms with Crippen LogP contribution in [0.5, 0.6) is 5.75 Å². The summed E-state index contributed by atoms with van der Waals surface area (Å²) in [6, 6.07) is 5.56. The van der Waals surface area contributed by atoms with Gasteiger partial charge >= 0.3 is 0 Å². The smallest absolute Gasteiger partial charge is 0.274 e. The van der Waals surface area contributed by atoms with Gasteiger partial charge in [0.1, 0.15) is 11.4 Å². The summed E-state index contributed by atoms with van der Waals surface area (Å²) < 4.78 is 14.4. The number of carbonyl (C=O) groups is 3. The average Bonchev–Trinajstić information content (AvgIpc) is 3.21. The van der Waals surface area contributed by atoms with Crippen LogP contribution in [-0.2, 0) is 17.9 Å². The average molecular weight is 456 g/mol.